The first-order valence-corrected chi connectivity index (χ1v) is 7.79. The van der Waals surface area contributed by atoms with Crippen molar-refractivity contribution < 1.29 is 9.59 Å². The molecule has 5 nitrogen and oxygen atoms in total. The second-order valence-electron chi connectivity index (χ2n) is 5.00. The van der Waals surface area contributed by atoms with Crippen molar-refractivity contribution in [3.8, 4) is 0 Å². The normalized spacial score (nSPS) is 18.0. The predicted octanol–water partition coefficient (Wildman–Crippen LogP) is 2.15. The van der Waals surface area contributed by atoms with Crippen LogP contribution in [0.15, 0.2) is 18.2 Å². The third-order valence-corrected chi connectivity index (χ3v) is 4.89. The van der Waals surface area contributed by atoms with Crippen LogP contribution < -0.4 is 16.4 Å². The van der Waals surface area contributed by atoms with E-state index in [1.54, 1.807) is 12.1 Å². The van der Waals surface area contributed by atoms with Crippen molar-refractivity contribution in [3.05, 3.63) is 28.1 Å². The minimum atomic E-state index is -0.217. The Morgan fingerprint density at radius 1 is 1.52 bits per heavy atom. The van der Waals surface area contributed by atoms with Gasteiger partial charge >= 0.3 is 0 Å². The number of carbonyl (C=O) groups excluding carboxylic acids is 2. The highest BCUT2D eigenvalue weighted by Gasteiger charge is 2.22. The monoisotopic (exact) mass is 323 g/mol. The fraction of sp³-hybridized carbons (Fsp3) is 0.286. The number of nitrogen functional groups attached to an aromatic ring is 1. The maximum atomic E-state index is 12.2. The van der Waals surface area contributed by atoms with Crippen molar-refractivity contribution in [2.45, 2.75) is 18.9 Å². The Hall–Kier alpha value is -1.79. The van der Waals surface area contributed by atoms with Crippen LogP contribution in [0.2, 0.25) is 5.02 Å². The standard InChI is InChI=1S/C14H14ClN3O2S/c15-7-1-3-9-10(5-7)21-13(12(9)16)14(20)17-6-8-2-4-11(19)18-8/h1,3,5,8H,2,4,6,16H2,(H,17,20)(H,18,19). The second kappa shape index (κ2) is 5.54. The van der Waals surface area contributed by atoms with Crippen LogP contribution in [0.4, 0.5) is 5.69 Å². The highest BCUT2D eigenvalue weighted by Crippen LogP contribution is 2.35. The molecule has 0 bridgehead atoms. The van der Waals surface area contributed by atoms with Gasteiger partial charge in [-0.05, 0) is 24.6 Å². The van der Waals surface area contributed by atoms with Crippen molar-refractivity contribution in [2.75, 3.05) is 12.3 Å². The molecule has 4 N–H and O–H groups in total. The highest BCUT2D eigenvalue weighted by molar-refractivity contribution is 7.21. The molecule has 1 aromatic heterocycles. The maximum absolute atomic E-state index is 12.2. The first-order chi connectivity index (χ1) is 10.0. The summed E-state index contributed by atoms with van der Waals surface area (Å²) in [5.41, 5.74) is 6.50. The van der Waals surface area contributed by atoms with E-state index in [2.05, 4.69) is 10.6 Å². The van der Waals surface area contributed by atoms with E-state index < -0.39 is 0 Å². The summed E-state index contributed by atoms with van der Waals surface area (Å²) in [6.07, 6.45) is 1.26. The van der Waals surface area contributed by atoms with Crippen LogP contribution in [0.5, 0.6) is 0 Å². The van der Waals surface area contributed by atoms with Crippen molar-refractivity contribution >= 4 is 50.5 Å². The van der Waals surface area contributed by atoms with E-state index in [4.69, 9.17) is 17.3 Å². The van der Waals surface area contributed by atoms with Gasteiger partial charge < -0.3 is 16.4 Å². The van der Waals surface area contributed by atoms with Crippen molar-refractivity contribution in [1.82, 2.24) is 10.6 Å². The first kappa shape index (κ1) is 14.2. The van der Waals surface area contributed by atoms with Crippen molar-refractivity contribution in [2.24, 2.45) is 0 Å². The van der Waals surface area contributed by atoms with Crippen LogP contribution in [-0.2, 0) is 4.79 Å². The molecular formula is C14H14ClN3O2S. The Kier molecular flexibility index (Phi) is 3.73. The number of nitrogens with one attached hydrogen (secondary N) is 2. The van der Waals surface area contributed by atoms with E-state index in [0.717, 1.165) is 16.5 Å². The summed E-state index contributed by atoms with van der Waals surface area (Å²) in [6.45, 7) is 0.416. The topological polar surface area (TPSA) is 84.2 Å². The minimum Gasteiger partial charge on any atom is -0.397 e. The van der Waals surface area contributed by atoms with Gasteiger partial charge in [0.25, 0.3) is 5.91 Å². The van der Waals surface area contributed by atoms with Crippen LogP contribution in [0, 0.1) is 0 Å². The molecule has 1 aromatic carbocycles. The summed E-state index contributed by atoms with van der Waals surface area (Å²) in [5, 5.41) is 7.08. The molecule has 2 heterocycles. The number of hydrogen-bond acceptors (Lipinski definition) is 4. The zero-order valence-electron chi connectivity index (χ0n) is 11.1. The van der Waals surface area contributed by atoms with E-state index in [0.29, 0.717) is 28.6 Å². The van der Waals surface area contributed by atoms with Gasteiger partial charge in [0.05, 0.1) is 5.69 Å². The molecule has 0 radical (unpaired) electrons. The fourth-order valence-electron chi connectivity index (χ4n) is 2.39. The summed E-state index contributed by atoms with van der Waals surface area (Å²) in [7, 11) is 0. The quantitative estimate of drug-likeness (QED) is 0.809. The summed E-state index contributed by atoms with van der Waals surface area (Å²) < 4.78 is 0.888. The zero-order valence-corrected chi connectivity index (χ0v) is 12.7. The van der Waals surface area contributed by atoms with Gasteiger partial charge in [0.2, 0.25) is 5.91 Å². The highest BCUT2D eigenvalue weighted by atomic mass is 35.5. The SMILES string of the molecule is Nc1c(C(=O)NCC2CCC(=O)N2)sc2cc(Cl)ccc12. The third-order valence-electron chi connectivity index (χ3n) is 3.49. The van der Waals surface area contributed by atoms with Crippen LogP contribution in [0.1, 0.15) is 22.5 Å². The zero-order chi connectivity index (χ0) is 15.0. The predicted molar refractivity (Wildman–Crippen MR) is 84.7 cm³/mol. The Morgan fingerprint density at radius 3 is 3.05 bits per heavy atom. The largest absolute Gasteiger partial charge is 0.397 e. The molecule has 1 atom stereocenters. The molecule has 1 aliphatic heterocycles. The average Bonchev–Trinajstić information content (AvgIpc) is 3.00. The Bertz CT molecular complexity index is 728. The Morgan fingerprint density at radius 2 is 2.33 bits per heavy atom. The molecule has 21 heavy (non-hydrogen) atoms. The van der Waals surface area contributed by atoms with Crippen LogP contribution in [0.3, 0.4) is 0 Å². The second-order valence-corrected chi connectivity index (χ2v) is 6.49. The van der Waals surface area contributed by atoms with Crippen molar-refractivity contribution in [1.29, 1.82) is 0 Å². The molecule has 1 aliphatic rings. The minimum absolute atomic E-state index is 0.00602. The Labute approximate surface area is 130 Å². The van der Waals surface area contributed by atoms with Crippen molar-refractivity contribution in [3.63, 3.8) is 0 Å². The van der Waals surface area contributed by atoms with E-state index in [1.165, 1.54) is 11.3 Å². The smallest absolute Gasteiger partial charge is 0.263 e. The molecule has 0 saturated carbocycles. The molecule has 0 aliphatic carbocycles. The number of halogens is 1. The Balaban J connectivity index is 1.75. The lowest BCUT2D eigenvalue weighted by Gasteiger charge is -2.10. The number of thiophene rings is 1. The molecule has 2 aromatic rings. The van der Waals surface area contributed by atoms with Gasteiger partial charge in [-0.3, -0.25) is 9.59 Å². The number of nitrogens with two attached hydrogens (primary N) is 1. The lowest BCUT2D eigenvalue weighted by molar-refractivity contribution is -0.119. The average molecular weight is 324 g/mol. The number of carbonyl (C=O) groups is 2. The van der Waals surface area contributed by atoms with Gasteiger partial charge in [-0.1, -0.05) is 11.6 Å². The molecule has 2 amide bonds. The molecule has 110 valence electrons. The van der Waals surface area contributed by atoms with Gasteiger partial charge in [0.15, 0.2) is 0 Å². The maximum Gasteiger partial charge on any atom is 0.263 e. The number of benzene rings is 1. The van der Waals surface area contributed by atoms with E-state index >= 15 is 0 Å². The van der Waals surface area contributed by atoms with E-state index in [1.807, 2.05) is 6.07 Å². The summed E-state index contributed by atoms with van der Waals surface area (Å²) in [5.74, 6) is -0.184. The summed E-state index contributed by atoms with van der Waals surface area (Å²) in [6, 6.07) is 5.37. The number of anilines is 1. The first-order valence-electron chi connectivity index (χ1n) is 6.59. The molecule has 1 unspecified atom stereocenters. The van der Waals surface area contributed by atoms with E-state index in [9.17, 15) is 9.59 Å². The fourth-order valence-corrected chi connectivity index (χ4v) is 3.70. The van der Waals surface area contributed by atoms with Gasteiger partial charge in [-0.25, -0.2) is 0 Å². The third kappa shape index (κ3) is 2.82. The van der Waals surface area contributed by atoms with Crippen LogP contribution in [0.25, 0.3) is 10.1 Å². The van der Waals surface area contributed by atoms with Gasteiger partial charge in [0.1, 0.15) is 4.88 Å². The number of rotatable bonds is 3. The summed E-state index contributed by atoms with van der Waals surface area (Å²) in [4.78, 5) is 23.8. The lowest BCUT2D eigenvalue weighted by Crippen LogP contribution is -2.38. The van der Waals surface area contributed by atoms with Gasteiger partial charge in [-0.2, -0.15) is 0 Å². The molecule has 1 saturated heterocycles. The molecule has 0 spiro atoms. The molecule has 3 rings (SSSR count). The molecule has 7 heteroatoms. The van der Waals surface area contributed by atoms with Crippen LogP contribution >= 0.6 is 22.9 Å². The molecule has 1 fully saturated rings. The number of amides is 2. The van der Waals surface area contributed by atoms with Gasteiger partial charge in [0, 0.05) is 34.1 Å². The lowest BCUT2D eigenvalue weighted by atomic mass is 10.2. The number of fused-ring (bicyclic) bond motifs is 1. The van der Waals surface area contributed by atoms with E-state index in [-0.39, 0.29) is 17.9 Å². The molecular weight excluding hydrogens is 310 g/mol. The van der Waals surface area contributed by atoms with Crippen LogP contribution in [-0.4, -0.2) is 24.4 Å². The van der Waals surface area contributed by atoms with Gasteiger partial charge in [-0.15, -0.1) is 11.3 Å². The summed E-state index contributed by atoms with van der Waals surface area (Å²) >= 11 is 7.27. The number of hydrogen-bond donors (Lipinski definition) is 3.